The van der Waals surface area contributed by atoms with Crippen LogP contribution < -0.4 is 0 Å². The minimum Gasteiger partial charge on any atom is -0.263 e. The molecule has 0 atom stereocenters. The number of benzene rings is 4. The molecule has 0 bridgehead atoms. The zero-order valence-electron chi connectivity index (χ0n) is 14.0. The molecule has 2 heteroatoms. The number of aromatic nitrogens is 1. The van der Waals surface area contributed by atoms with Crippen molar-refractivity contribution in [3.05, 3.63) is 90.8 Å². The van der Waals surface area contributed by atoms with Crippen LogP contribution in [0.1, 0.15) is 5.56 Å². The van der Waals surface area contributed by atoms with E-state index in [1.807, 2.05) is 12.3 Å². The van der Waals surface area contributed by atoms with Crippen molar-refractivity contribution in [3.8, 4) is 17.2 Å². The van der Waals surface area contributed by atoms with Gasteiger partial charge in [-0.1, -0.05) is 60.7 Å². The van der Waals surface area contributed by atoms with Gasteiger partial charge in [0.1, 0.15) is 6.07 Å². The molecule has 0 aliphatic heterocycles. The van der Waals surface area contributed by atoms with Crippen LogP contribution in [0.3, 0.4) is 0 Å². The predicted octanol–water partition coefficient (Wildman–Crippen LogP) is 6.08. The summed E-state index contributed by atoms with van der Waals surface area (Å²) in [6.07, 6.45) is 3.40. The van der Waals surface area contributed by atoms with E-state index in [4.69, 9.17) is 5.26 Å². The molecule has 2 nitrogen and oxygen atoms in total. The topological polar surface area (TPSA) is 36.7 Å². The van der Waals surface area contributed by atoms with Crippen LogP contribution in [0.2, 0.25) is 0 Å². The molecule has 1 heterocycles. The average molecular weight is 330 g/mol. The maximum Gasteiger partial charge on any atom is 0.101 e. The second-order valence-electron chi connectivity index (χ2n) is 6.43. The van der Waals surface area contributed by atoms with Crippen molar-refractivity contribution in [1.29, 1.82) is 5.26 Å². The van der Waals surface area contributed by atoms with Gasteiger partial charge in [-0.15, -0.1) is 0 Å². The lowest BCUT2D eigenvalue weighted by atomic mass is 9.92. The van der Waals surface area contributed by atoms with Crippen LogP contribution >= 0.6 is 0 Å². The van der Waals surface area contributed by atoms with Gasteiger partial charge in [-0.25, -0.2) is 0 Å². The molecular formula is C24H14N2. The Morgan fingerprint density at radius 2 is 1.15 bits per heavy atom. The Kier molecular flexibility index (Phi) is 3.20. The van der Waals surface area contributed by atoms with Crippen molar-refractivity contribution in [1.82, 2.24) is 4.98 Å². The number of pyridine rings is 1. The smallest absolute Gasteiger partial charge is 0.101 e. The predicted molar refractivity (Wildman–Crippen MR) is 107 cm³/mol. The fraction of sp³-hybridized carbons (Fsp3) is 0. The molecule has 5 aromatic rings. The van der Waals surface area contributed by atoms with Gasteiger partial charge in [-0.2, -0.15) is 5.26 Å². The first kappa shape index (κ1) is 14.6. The van der Waals surface area contributed by atoms with E-state index in [1.165, 1.54) is 32.3 Å². The molecule has 0 amide bonds. The Bertz CT molecular complexity index is 1310. The zero-order valence-corrected chi connectivity index (χ0v) is 14.0. The lowest BCUT2D eigenvalue weighted by Gasteiger charge is -2.12. The summed E-state index contributed by atoms with van der Waals surface area (Å²) >= 11 is 0. The average Bonchev–Trinajstić information content (AvgIpc) is 2.73. The minimum absolute atomic E-state index is 0.575. The van der Waals surface area contributed by atoms with Crippen LogP contribution in [0.4, 0.5) is 0 Å². The SMILES string of the molecule is N#Cc1cncc(-c2ccc3c4ccccc4c4ccccc4c3c2)c1. The Balaban J connectivity index is 1.90. The Labute approximate surface area is 151 Å². The highest BCUT2D eigenvalue weighted by molar-refractivity contribution is 6.25. The van der Waals surface area contributed by atoms with Crippen molar-refractivity contribution >= 4 is 32.3 Å². The highest BCUT2D eigenvalue weighted by Crippen LogP contribution is 2.36. The van der Waals surface area contributed by atoms with E-state index >= 15 is 0 Å². The molecule has 0 unspecified atom stereocenters. The lowest BCUT2D eigenvalue weighted by Crippen LogP contribution is -1.86. The van der Waals surface area contributed by atoms with Crippen LogP contribution in [0.25, 0.3) is 43.4 Å². The number of hydrogen-bond donors (Lipinski definition) is 0. The largest absolute Gasteiger partial charge is 0.263 e. The van der Waals surface area contributed by atoms with E-state index < -0.39 is 0 Å². The van der Waals surface area contributed by atoms with E-state index in [9.17, 15) is 0 Å². The van der Waals surface area contributed by atoms with Gasteiger partial charge in [0.2, 0.25) is 0 Å². The lowest BCUT2D eigenvalue weighted by molar-refractivity contribution is 1.30. The molecule has 0 N–H and O–H groups in total. The molecule has 0 aliphatic rings. The van der Waals surface area contributed by atoms with E-state index in [2.05, 4.69) is 77.8 Å². The van der Waals surface area contributed by atoms with Gasteiger partial charge in [0, 0.05) is 18.0 Å². The number of nitriles is 1. The summed E-state index contributed by atoms with van der Waals surface area (Å²) in [4.78, 5) is 4.20. The molecule has 0 spiro atoms. The molecule has 0 saturated heterocycles. The Hall–Kier alpha value is -3.70. The van der Waals surface area contributed by atoms with E-state index in [-0.39, 0.29) is 0 Å². The number of rotatable bonds is 1. The summed E-state index contributed by atoms with van der Waals surface area (Å²) in [6, 6.07) is 27.6. The third-order valence-electron chi connectivity index (χ3n) is 4.94. The second-order valence-corrected chi connectivity index (χ2v) is 6.43. The van der Waals surface area contributed by atoms with Gasteiger partial charge in [-0.05, 0) is 50.0 Å². The molecule has 26 heavy (non-hydrogen) atoms. The monoisotopic (exact) mass is 330 g/mol. The third-order valence-corrected chi connectivity index (χ3v) is 4.94. The zero-order chi connectivity index (χ0) is 17.5. The van der Waals surface area contributed by atoms with Crippen molar-refractivity contribution in [2.45, 2.75) is 0 Å². The number of hydrogen-bond acceptors (Lipinski definition) is 2. The van der Waals surface area contributed by atoms with Crippen molar-refractivity contribution in [2.75, 3.05) is 0 Å². The van der Waals surface area contributed by atoms with E-state index in [0.717, 1.165) is 11.1 Å². The second kappa shape index (κ2) is 5.68. The summed E-state index contributed by atoms with van der Waals surface area (Å²) in [5.41, 5.74) is 2.61. The molecule has 120 valence electrons. The van der Waals surface area contributed by atoms with Gasteiger partial charge in [0.15, 0.2) is 0 Å². The summed E-state index contributed by atoms with van der Waals surface area (Å²) in [7, 11) is 0. The normalized spacial score (nSPS) is 11.0. The molecule has 0 saturated carbocycles. The molecule has 4 aromatic carbocycles. The molecule has 0 radical (unpaired) electrons. The Morgan fingerprint density at radius 1 is 0.577 bits per heavy atom. The first-order chi connectivity index (χ1) is 12.8. The number of nitrogens with zero attached hydrogens (tertiary/aromatic N) is 2. The third kappa shape index (κ3) is 2.15. The quantitative estimate of drug-likeness (QED) is 0.349. The molecule has 5 rings (SSSR count). The molecule has 1 aromatic heterocycles. The molecular weight excluding hydrogens is 316 g/mol. The van der Waals surface area contributed by atoms with Gasteiger partial charge in [0.25, 0.3) is 0 Å². The highest BCUT2D eigenvalue weighted by Gasteiger charge is 2.09. The fourth-order valence-corrected chi connectivity index (χ4v) is 3.75. The van der Waals surface area contributed by atoms with E-state index in [1.54, 1.807) is 6.20 Å². The first-order valence-corrected chi connectivity index (χ1v) is 8.54. The number of fused-ring (bicyclic) bond motifs is 6. The molecule has 0 fully saturated rings. The standard InChI is InChI=1S/C24H14N2/c25-13-16-11-18(15-26-14-16)17-9-10-23-21-7-2-1-5-19(21)20-6-3-4-8-22(20)24(23)12-17/h1-12,14-15H. The summed E-state index contributed by atoms with van der Waals surface area (Å²) in [5, 5.41) is 16.7. The van der Waals surface area contributed by atoms with Crippen LogP contribution in [-0.2, 0) is 0 Å². The van der Waals surface area contributed by atoms with Gasteiger partial charge in [-0.3, -0.25) is 4.98 Å². The van der Waals surface area contributed by atoms with Gasteiger partial charge < -0.3 is 0 Å². The summed E-state index contributed by atoms with van der Waals surface area (Å²) in [5.74, 6) is 0. The van der Waals surface area contributed by atoms with Crippen molar-refractivity contribution in [3.63, 3.8) is 0 Å². The maximum absolute atomic E-state index is 9.15. The minimum atomic E-state index is 0.575. The van der Waals surface area contributed by atoms with Crippen molar-refractivity contribution in [2.24, 2.45) is 0 Å². The summed E-state index contributed by atoms with van der Waals surface area (Å²) < 4.78 is 0. The summed E-state index contributed by atoms with van der Waals surface area (Å²) in [6.45, 7) is 0. The van der Waals surface area contributed by atoms with Gasteiger partial charge in [0.05, 0.1) is 5.56 Å². The van der Waals surface area contributed by atoms with Crippen LogP contribution in [0.5, 0.6) is 0 Å². The van der Waals surface area contributed by atoms with Crippen LogP contribution in [0.15, 0.2) is 85.2 Å². The van der Waals surface area contributed by atoms with Gasteiger partial charge >= 0.3 is 0 Å². The van der Waals surface area contributed by atoms with Crippen LogP contribution in [0, 0.1) is 11.3 Å². The van der Waals surface area contributed by atoms with E-state index in [0.29, 0.717) is 5.56 Å². The highest BCUT2D eigenvalue weighted by atomic mass is 14.6. The fourth-order valence-electron chi connectivity index (χ4n) is 3.75. The van der Waals surface area contributed by atoms with Crippen LogP contribution in [-0.4, -0.2) is 4.98 Å². The maximum atomic E-state index is 9.15. The molecule has 0 aliphatic carbocycles. The van der Waals surface area contributed by atoms with Crippen molar-refractivity contribution < 1.29 is 0 Å². The Morgan fingerprint density at radius 3 is 1.77 bits per heavy atom. The first-order valence-electron chi connectivity index (χ1n) is 8.54.